The highest BCUT2D eigenvalue weighted by Gasteiger charge is 2.18. The van der Waals surface area contributed by atoms with Gasteiger partial charge in [-0.2, -0.15) is 0 Å². The predicted molar refractivity (Wildman–Crippen MR) is 71.1 cm³/mol. The van der Waals surface area contributed by atoms with Crippen molar-refractivity contribution >= 4 is 5.91 Å². The van der Waals surface area contributed by atoms with Gasteiger partial charge in [-0.3, -0.25) is 10.2 Å². The number of rotatable bonds is 4. The molecule has 1 aromatic rings. The number of hydrogen-bond acceptors (Lipinski definition) is 5. The summed E-state index contributed by atoms with van der Waals surface area (Å²) in [5, 5.41) is 0. The molecule has 1 aromatic carbocycles. The first-order chi connectivity index (χ1) is 9.11. The van der Waals surface area contributed by atoms with Gasteiger partial charge in [-0.05, 0) is 36.6 Å². The minimum absolute atomic E-state index is 0.239. The number of aryl methyl sites for hydroxylation is 1. The van der Waals surface area contributed by atoms with E-state index in [2.05, 4.69) is 10.9 Å². The molecule has 1 aliphatic rings. The first kappa shape index (κ1) is 13.6. The second-order valence-electron chi connectivity index (χ2n) is 4.47. The first-order valence-electron chi connectivity index (χ1n) is 6.23. The maximum Gasteiger partial charge on any atom is 0.251 e. The lowest BCUT2D eigenvalue weighted by atomic mass is 10.00. The Bertz CT molecular complexity index is 476. The van der Waals surface area contributed by atoms with Crippen molar-refractivity contribution in [3.8, 4) is 11.5 Å². The van der Waals surface area contributed by atoms with Crippen LogP contribution in [0.3, 0.4) is 0 Å². The lowest BCUT2D eigenvalue weighted by molar-refractivity contribution is -0.123. The van der Waals surface area contributed by atoms with Crippen LogP contribution in [0.15, 0.2) is 12.1 Å². The summed E-state index contributed by atoms with van der Waals surface area (Å²) in [6, 6.07) is 3.22. The Morgan fingerprint density at radius 2 is 2.00 bits per heavy atom. The smallest absolute Gasteiger partial charge is 0.251 e. The number of carbonyl (C=O) groups is 1. The molecule has 104 valence electrons. The Morgan fingerprint density at radius 3 is 2.63 bits per heavy atom. The van der Waals surface area contributed by atoms with Gasteiger partial charge in [0.05, 0.1) is 6.04 Å². The number of hydrogen-bond donors (Lipinski definition) is 3. The van der Waals surface area contributed by atoms with E-state index in [-0.39, 0.29) is 5.91 Å². The molecule has 6 nitrogen and oxygen atoms in total. The number of ether oxygens (including phenoxy) is 2. The Balaban J connectivity index is 2.14. The zero-order valence-corrected chi connectivity index (χ0v) is 11.2. The standard InChI is InChI=1S/C13H19N3O3/c1-8-5-11-12(19-4-3-18-11)7-9(8)6-10(14)13(17)16-15-2/h5,7,10,15H,3-4,6,14H2,1-2H3,(H,16,17). The Kier molecular flexibility index (Phi) is 4.24. The number of fused-ring (bicyclic) bond motifs is 1. The fourth-order valence-corrected chi connectivity index (χ4v) is 2.00. The number of hydrazine groups is 1. The molecule has 0 fully saturated rings. The van der Waals surface area contributed by atoms with Crippen LogP contribution in [-0.2, 0) is 11.2 Å². The predicted octanol–water partition coefficient (Wildman–Crippen LogP) is -0.113. The van der Waals surface area contributed by atoms with Crippen molar-refractivity contribution in [1.82, 2.24) is 10.9 Å². The second-order valence-corrected chi connectivity index (χ2v) is 4.47. The van der Waals surface area contributed by atoms with Crippen LogP contribution in [0.25, 0.3) is 0 Å². The summed E-state index contributed by atoms with van der Waals surface area (Å²) >= 11 is 0. The summed E-state index contributed by atoms with van der Waals surface area (Å²) in [6.07, 6.45) is 0.454. The van der Waals surface area contributed by atoms with Crippen LogP contribution in [0.1, 0.15) is 11.1 Å². The molecule has 0 spiro atoms. The fraction of sp³-hybridized carbons (Fsp3) is 0.462. The monoisotopic (exact) mass is 265 g/mol. The van der Waals surface area contributed by atoms with Gasteiger partial charge in [0.15, 0.2) is 11.5 Å². The first-order valence-corrected chi connectivity index (χ1v) is 6.23. The maximum absolute atomic E-state index is 11.6. The van der Waals surface area contributed by atoms with Crippen molar-refractivity contribution in [3.05, 3.63) is 23.3 Å². The molecule has 0 saturated heterocycles. The van der Waals surface area contributed by atoms with Crippen LogP contribution >= 0.6 is 0 Å². The molecule has 0 bridgehead atoms. The van der Waals surface area contributed by atoms with Crippen molar-refractivity contribution < 1.29 is 14.3 Å². The van der Waals surface area contributed by atoms with Gasteiger partial charge in [0, 0.05) is 7.05 Å². The van der Waals surface area contributed by atoms with Crippen LogP contribution in [-0.4, -0.2) is 32.2 Å². The average Bonchev–Trinajstić information content (AvgIpc) is 2.39. The van der Waals surface area contributed by atoms with Crippen molar-refractivity contribution in [2.75, 3.05) is 20.3 Å². The summed E-state index contributed by atoms with van der Waals surface area (Å²) in [6.45, 7) is 3.08. The summed E-state index contributed by atoms with van der Waals surface area (Å²) < 4.78 is 11.0. The van der Waals surface area contributed by atoms with Gasteiger partial charge in [0.2, 0.25) is 0 Å². The lowest BCUT2D eigenvalue weighted by Crippen LogP contribution is -2.46. The highest BCUT2D eigenvalue weighted by Crippen LogP contribution is 2.33. The molecule has 0 aromatic heterocycles. The van der Waals surface area contributed by atoms with E-state index in [4.69, 9.17) is 15.2 Å². The van der Waals surface area contributed by atoms with E-state index >= 15 is 0 Å². The summed E-state index contributed by atoms with van der Waals surface area (Å²) in [4.78, 5) is 11.6. The molecule has 1 aliphatic heterocycles. The third-order valence-corrected chi connectivity index (χ3v) is 3.03. The minimum Gasteiger partial charge on any atom is -0.486 e. The largest absolute Gasteiger partial charge is 0.486 e. The molecule has 19 heavy (non-hydrogen) atoms. The third-order valence-electron chi connectivity index (χ3n) is 3.03. The van der Waals surface area contributed by atoms with E-state index in [0.29, 0.717) is 25.4 Å². The molecular formula is C13H19N3O3. The molecule has 2 rings (SSSR count). The summed E-state index contributed by atoms with van der Waals surface area (Å²) in [7, 11) is 1.62. The van der Waals surface area contributed by atoms with Gasteiger partial charge in [0.1, 0.15) is 13.2 Å². The third kappa shape index (κ3) is 3.15. The highest BCUT2D eigenvalue weighted by atomic mass is 16.6. The molecule has 0 aliphatic carbocycles. The van der Waals surface area contributed by atoms with Crippen LogP contribution in [0.4, 0.5) is 0 Å². The number of amides is 1. The topological polar surface area (TPSA) is 85.6 Å². The molecule has 1 atom stereocenters. The quantitative estimate of drug-likeness (QED) is 0.661. The van der Waals surface area contributed by atoms with Gasteiger partial charge in [0.25, 0.3) is 5.91 Å². The van der Waals surface area contributed by atoms with Crippen molar-refractivity contribution in [3.63, 3.8) is 0 Å². The van der Waals surface area contributed by atoms with Crippen molar-refractivity contribution in [1.29, 1.82) is 0 Å². The van der Waals surface area contributed by atoms with Gasteiger partial charge in [-0.25, -0.2) is 5.43 Å². The van der Waals surface area contributed by atoms with Crippen LogP contribution in [0.5, 0.6) is 11.5 Å². The molecule has 1 heterocycles. The van der Waals surface area contributed by atoms with Crippen LogP contribution in [0, 0.1) is 6.92 Å². The van der Waals surface area contributed by atoms with Crippen LogP contribution in [0.2, 0.25) is 0 Å². The van der Waals surface area contributed by atoms with E-state index in [0.717, 1.165) is 16.9 Å². The molecular weight excluding hydrogens is 246 g/mol. The van der Waals surface area contributed by atoms with Crippen LogP contribution < -0.4 is 26.1 Å². The maximum atomic E-state index is 11.6. The second kappa shape index (κ2) is 5.90. The van der Waals surface area contributed by atoms with E-state index in [1.807, 2.05) is 19.1 Å². The minimum atomic E-state index is -0.603. The van der Waals surface area contributed by atoms with Crippen molar-refractivity contribution in [2.45, 2.75) is 19.4 Å². The molecule has 1 unspecified atom stereocenters. The van der Waals surface area contributed by atoms with Gasteiger partial charge < -0.3 is 15.2 Å². The van der Waals surface area contributed by atoms with E-state index in [9.17, 15) is 4.79 Å². The van der Waals surface area contributed by atoms with Gasteiger partial charge >= 0.3 is 0 Å². The molecule has 6 heteroatoms. The average molecular weight is 265 g/mol. The summed E-state index contributed by atoms with van der Waals surface area (Å²) in [5.74, 6) is 1.23. The van der Waals surface area contributed by atoms with E-state index in [1.165, 1.54) is 0 Å². The number of carbonyl (C=O) groups excluding carboxylic acids is 1. The number of nitrogens with two attached hydrogens (primary N) is 1. The van der Waals surface area contributed by atoms with Gasteiger partial charge in [-0.15, -0.1) is 0 Å². The van der Waals surface area contributed by atoms with E-state index < -0.39 is 6.04 Å². The zero-order chi connectivity index (χ0) is 13.8. The Hall–Kier alpha value is -1.79. The molecule has 4 N–H and O–H groups in total. The normalized spacial score (nSPS) is 14.9. The van der Waals surface area contributed by atoms with E-state index in [1.54, 1.807) is 7.05 Å². The molecule has 0 radical (unpaired) electrons. The lowest BCUT2D eigenvalue weighted by Gasteiger charge is -2.21. The Morgan fingerprint density at radius 1 is 1.37 bits per heavy atom. The van der Waals surface area contributed by atoms with Gasteiger partial charge in [-0.1, -0.05) is 0 Å². The van der Waals surface area contributed by atoms with Crippen molar-refractivity contribution in [2.24, 2.45) is 5.73 Å². The summed E-state index contributed by atoms with van der Waals surface area (Å²) in [5.41, 5.74) is 12.9. The zero-order valence-electron chi connectivity index (χ0n) is 11.2. The number of nitrogens with one attached hydrogen (secondary N) is 2. The molecule has 0 saturated carbocycles. The SMILES string of the molecule is CNNC(=O)C(N)Cc1cc2c(cc1C)OCCO2. The number of benzene rings is 1. The fourth-order valence-electron chi connectivity index (χ4n) is 2.00. The molecule has 1 amide bonds. The Labute approximate surface area is 112 Å². The highest BCUT2D eigenvalue weighted by molar-refractivity contribution is 5.81.